The summed E-state index contributed by atoms with van der Waals surface area (Å²) < 4.78 is 0. The SMILES string of the molecule is C1COOOC1.CCCCCC. The monoisotopic (exact) mass is 176 g/mol. The Kier molecular flexibility index (Phi) is 10.8. The predicted octanol–water partition coefficient (Wildman–Crippen LogP) is 2.86. The van der Waals surface area contributed by atoms with Gasteiger partial charge in [0, 0.05) is 6.42 Å². The number of hydrogen-bond donors (Lipinski definition) is 0. The second-order valence-electron chi connectivity index (χ2n) is 2.77. The maximum absolute atomic E-state index is 4.35. The Morgan fingerprint density at radius 2 is 1.42 bits per heavy atom. The molecule has 0 saturated carbocycles. The van der Waals surface area contributed by atoms with E-state index in [1.165, 1.54) is 25.7 Å². The molecule has 0 spiro atoms. The van der Waals surface area contributed by atoms with Crippen molar-refractivity contribution in [2.75, 3.05) is 13.2 Å². The fourth-order valence-electron chi connectivity index (χ4n) is 0.779. The van der Waals surface area contributed by atoms with Gasteiger partial charge in [-0.2, -0.15) is 0 Å². The van der Waals surface area contributed by atoms with E-state index in [4.69, 9.17) is 0 Å². The van der Waals surface area contributed by atoms with Crippen molar-refractivity contribution < 1.29 is 14.8 Å². The summed E-state index contributed by atoms with van der Waals surface area (Å²) in [6.45, 7) is 5.77. The van der Waals surface area contributed by atoms with Crippen molar-refractivity contribution in [2.24, 2.45) is 0 Å². The van der Waals surface area contributed by atoms with Gasteiger partial charge in [0.05, 0.1) is 13.2 Å². The quantitative estimate of drug-likeness (QED) is 0.489. The zero-order valence-corrected chi connectivity index (χ0v) is 8.17. The molecule has 12 heavy (non-hydrogen) atoms. The molecule has 0 aromatic carbocycles. The Hall–Kier alpha value is -0.120. The van der Waals surface area contributed by atoms with Crippen LogP contribution in [0, 0.1) is 0 Å². The molecule has 0 unspecified atom stereocenters. The van der Waals surface area contributed by atoms with Gasteiger partial charge in [0.2, 0.25) is 0 Å². The van der Waals surface area contributed by atoms with Gasteiger partial charge in [0.15, 0.2) is 0 Å². The van der Waals surface area contributed by atoms with Crippen LogP contribution in [-0.4, -0.2) is 13.2 Å². The minimum absolute atomic E-state index is 0.653. The molecule has 1 aliphatic heterocycles. The van der Waals surface area contributed by atoms with Crippen LogP contribution < -0.4 is 0 Å². The molecule has 74 valence electrons. The highest BCUT2D eigenvalue weighted by atomic mass is 17.5. The van der Waals surface area contributed by atoms with Crippen LogP contribution in [0.2, 0.25) is 0 Å². The van der Waals surface area contributed by atoms with Gasteiger partial charge in [0.1, 0.15) is 0 Å². The zero-order chi connectivity index (χ0) is 9.07. The van der Waals surface area contributed by atoms with E-state index < -0.39 is 0 Å². The van der Waals surface area contributed by atoms with Crippen molar-refractivity contribution in [3.63, 3.8) is 0 Å². The lowest BCUT2D eigenvalue weighted by atomic mass is 10.2. The highest BCUT2D eigenvalue weighted by molar-refractivity contribution is 4.31. The highest BCUT2D eigenvalue weighted by Gasteiger charge is 1.96. The summed E-state index contributed by atoms with van der Waals surface area (Å²) in [7, 11) is 0. The predicted molar refractivity (Wildman–Crippen MR) is 47.4 cm³/mol. The third-order valence-corrected chi connectivity index (χ3v) is 1.51. The van der Waals surface area contributed by atoms with Gasteiger partial charge >= 0.3 is 0 Å². The molecular weight excluding hydrogens is 156 g/mol. The van der Waals surface area contributed by atoms with Gasteiger partial charge in [0.25, 0.3) is 0 Å². The second-order valence-corrected chi connectivity index (χ2v) is 2.77. The maximum Gasteiger partial charge on any atom is 0.0877 e. The fraction of sp³-hybridized carbons (Fsp3) is 1.00. The summed E-state index contributed by atoms with van der Waals surface area (Å²) in [6.07, 6.45) is 6.47. The fourth-order valence-corrected chi connectivity index (χ4v) is 0.779. The molecule has 0 N–H and O–H groups in total. The van der Waals surface area contributed by atoms with E-state index in [0.717, 1.165) is 6.42 Å². The van der Waals surface area contributed by atoms with Crippen LogP contribution in [-0.2, 0) is 14.8 Å². The lowest BCUT2D eigenvalue weighted by molar-refractivity contribution is -0.532. The van der Waals surface area contributed by atoms with Crippen LogP contribution in [0.3, 0.4) is 0 Å². The average molecular weight is 176 g/mol. The Morgan fingerprint density at radius 1 is 0.917 bits per heavy atom. The second kappa shape index (κ2) is 10.9. The Balaban J connectivity index is 0.000000202. The summed E-state index contributed by atoms with van der Waals surface area (Å²) in [5, 5.41) is 4.07. The Morgan fingerprint density at radius 3 is 1.58 bits per heavy atom. The first-order valence-corrected chi connectivity index (χ1v) is 4.82. The Bertz CT molecular complexity index is 56.7. The van der Waals surface area contributed by atoms with E-state index in [1.807, 2.05) is 0 Å². The van der Waals surface area contributed by atoms with Gasteiger partial charge in [-0.05, 0) is 0 Å². The number of unbranched alkanes of at least 4 members (excludes halogenated alkanes) is 3. The summed E-state index contributed by atoms with van der Waals surface area (Å²) in [4.78, 5) is 8.69. The van der Waals surface area contributed by atoms with Crippen molar-refractivity contribution >= 4 is 0 Å². The zero-order valence-electron chi connectivity index (χ0n) is 8.17. The molecule has 1 rings (SSSR count). The van der Waals surface area contributed by atoms with E-state index in [9.17, 15) is 0 Å². The molecule has 0 bridgehead atoms. The average Bonchev–Trinajstić information content (AvgIpc) is 2.18. The first-order chi connectivity index (χ1) is 5.91. The Labute approximate surface area is 74.9 Å². The van der Waals surface area contributed by atoms with Gasteiger partial charge in [-0.1, -0.05) is 44.6 Å². The minimum Gasteiger partial charge on any atom is -0.206 e. The highest BCUT2D eigenvalue weighted by Crippen LogP contribution is 1.95. The molecule has 3 heteroatoms. The molecule has 3 nitrogen and oxygen atoms in total. The van der Waals surface area contributed by atoms with Crippen molar-refractivity contribution in [3.05, 3.63) is 0 Å². The number of hydrogen-bond acceptors (Lipinski definition) is 3. The summed E-state index contributed by atoms with van der Waals surface area (Å²) in [5.41, 5.74) is 0. The van der Waals surface area contributed by atoms with Gasteiger partial charge in [-0.15, -0.1) is 0 Å². The third-order valence-electron chi connectivity index (χ3n) is 1.51. The smallest absolute Gasteiger partial charge is 0.0877 e. The van der Waals surface area contributed by atoms with Crippen LogP contribution in [0.15, 0.2) is 0 Å². The van der Waals surface area contributed by atoms with Gasteiger partial charge < -0.3 is 0 Å². The van der Waals surface area contributed by atoms with Gasteiger partial charge in [-0.25, -0.2) is 9.78 Å². The van der Waals surface area contributed by atoms with Crippen LogP contribution in [0.25, 0.3) is 0 Å². The summed E-state index contributed by atoms with van der Waals surface area (Å²) >= 11 is 0. The van der Waals surface area contributed by atoms with Crippen LogP contribution in [0.1, 0.15) is 46.0 Å². The molecule has 0 aromatic heterocycles. The molecule has 0 aromatic rings. The van der Waals surface area contributed by atoms with E-state index in [1.54, 1.807) is 0 Å². The standard InChI is InChI=1S/C6H14.C3H6O3/c1-3-5-6-4-2;1-2-4-6-5-3-1/h3-6H2,1-2H3;1-3H2. The third kappa shape index (κ3) is 9.88. The van der Waals surface area contributed by atoms with Crippen molar-refractivity contribution in [1.29, 1.82) is 0 Å². The summed E-state index contributed by atoms with van der Waals surface area (Å²) in [5.74, 6) is 0. The van der Waals surface area contributed by atoms with Crippen molar-refractivity contribution in [3.8, 4) is 0 Å². The summed E-state index contributed by atoms with van der Waals surface area (Å²) in [6, 6.07) is 0. The van der Waals surface area contributed by atoms with Crippen molar-refractivity contribution in [2.45, 2.75) is 46.0 Å². The van der Waals surface area contributed by atoms with Gasteiger partial charge in [-0.3, -0.25) is 0 Å². The molecule has 0 aliphatic carbocycles. The van der Waals surface area contributed by atoms with E-state index in [0.29, 0.717) is 13.2 Å². The molecule has 0 amide bonds. The molecule has 0 radical (unpaired) electrons. The van der Waals surface area contributed by atoms with Crippen molar-refractivity contribution in [1.82, 2.24) is 0 Å². The first-order valence-electron chi connectivity index (χ1n) is 4.82. The van der Waals surface area contributed by atoms with E-state index in [-0.39, 0.29) is 0 Å². The van der Waals surface area contributed by atoms with E-state index >= 15 is 0 Å². The molecule has 1 saturated heterocycles. The molecule has 1 heterocycles. The lowest BCUT2D eigenvalue weighted by Gasteiger charge is -2.06. The first kappa shape index (κ1) is 11.9. The molecular formula is C9H20O3. The normalized spacial score (nSPS) is 16.5. The topological polar surface area (TPSA) is 27.7 Å². The largest absolute Gasteiger partial charge is 0.206 e. The maximum atomic E-state index is 4.35. The number of rotatable bonds is 3. The molecule has 0 atom stereocenters. The lowest BCUT2D eigenvalue weighted by Crippen LogP contribution is -2.08. The van der Waals surface area contributed by atoms with E-state index in [2.05, 4.69) is 28.7 Å². The van der Waals surface area contributed by atoms with Crippen LogP contribution in [0.5, 0.6) is 0 Å². The van der Waals surface area contributed by atoms with Crippen LogP contribution >= 0.6 is 0 Å². The van der Waals surface area contributed by atoms with Crippen LogP contribution in [0.4, 0.5) is 0 Å². The molecule has 1 fully saturated rings. The minimum atomic E-state index is 0.653. The molecule has 1 aliphatic rings.